The Labute approximate surface area is 148 Å². The first kappa shape index (κ1) is 16.9. The molecule has 3 rings (SSSR count). The minimum absolute atomic E-state index is 0.0380. The van der Waals surface area contributed by atoms with Crippen molar-refractivity contribution in [3.05, 3.63) is 94.3 Å². The first-order valence-corrected chi connectivity index (χ1v) is 8.38. The Morgan fingerprint density at radius 2 is 1.08 bits per heavy atom. The normalized spacial score (nSPS) is 15.2. The van der Waals surface area contributed by atoms with Gasteiger partial charge in [-0.25, -0.2) is 0 Å². The number of hydrogen-bond donors (Lipinski definition) is 1. The van der Waals surface area contributed by atoms with Crippen molar-refractivity contribution in [2.75, 3.05) is 0 Å². The Balaban J connectivity index is 1.99. The highest BCUT2D eigenvalue weighted by Gasteiger charge is 2.32. The van der Waals surface area contributed by atoms with Crippen molar-refractivity contribution < 1.29 is 9.59 Å². The maximum atomic E-state index is 13.0. The average Bonchev–Trinajstić information content (AvgIpc) is 2.62. The molecular formula is C22H21NO2. The molecule has 0 aromatic heterocycles. The molecule has 1 heterocycles. The number of ketones is 2. The number of dihydropyridines is 1. The van der Waals surface area contributed by atoms with E-state index in [1.54, 1.807) is 24.3 Å². The van der Waals surface area contributed by atoms with Gasteiger partial charge in [0.2, 0.25) is 0 Å². The predicted molar refractivity (Wildman–Crippen MR) is 99.2 cm³/mol. The molecule has 2 aromatic carbocycles. The molecule has 126 valence electrons. The number of rotatable bonds is 4. The number of hydrogen-bond acceptors (Lipinski definition) is 3. The summed E-state index contributed by atoms with van der Waals surface area (Å²) in [5.41, 5.74) is 4.19. The molecule has 1 aliphatic heterocycles. The SMILES string of the molecule is CC1=C(C(=O)c2ccccc2)C(C)C(C(=O)c2ccccc2)=C(C)N1. The number of Topliss-reactive ketones (excluding diaryl/α,β-unsaturated/α-hetero) is 2. The molecule has 0 spiro atoms. The third-order valence-electron chi connectivity index (χ3n) is 4.61. The van der Waals surface area contributed by atoms with E-state index in [0.29, 0.717) is 22.3 Å². The van der Waals surface area contributed by atoms with Crippen LogP contribution in [0.15, 0.2) is 83.2 Å². The van der Waals surface area contributed by atoms with Gasteiger partial charge < -0.3 is 5.32 Å². The number of benzene rings is 2. The maximum Gasteiger partial charge on any atom is 0.191 e. The molecular weight excluding hydrogens is 310 g/mol. The highest BCUT2D eigenvalue weighted by atomic mass is 16.1. The second-order valence-corrected chi connectivity index (χ2v) is 6.31. The van der Waals surface area contributed by atoms with Gasteiger partial charge in [-0.05, 0) is 13.8 Å². The molecule has 0 aliphatic carbocycles. The van der Waals surface area contributed by atoms with Crippen molar-refractivity contribution in [1.82, 2.24) is 5.32 Å². The summed E-state index contributed by atoms with van der Waals surface area (Å²) in [6.07, 6.45) is 0. The summed E-state index contributed by atoms with van der Waals surface area (Å²) in [6, 6.07) is 18.4. The molecule has 0 fully saturated rings. The average molecular weight is 331 g/mol. The van der Waals surface area contributed by atoms with Gasteiger partial charge in [-0.1, -0.05) is 67.6 Å². The zero-order chi connectivity index (χ0) is 18.0. The third kappa shape index (κ3) is 3.18. The lowest BCUT2D eigenvalue weighted by Crippen LogP contribution is -2.31. The van der Waals surface area contributed by atoms with Crippen molar-refractivity contribution in [2.45, 2.75) is 20.8 Å². The Morgan fingerprint density at radius 3 is 1.44 bits per heavy atom. The number of carbonyl (C=O) groups excluding carboxylic acids is 2. The van der Waals surface area contributed by atoms with Gasteiger partial charge in [0.1, 0.15) is 0 Å². The van der Waals surface area contributed by atoms with E-state index in [0.717, 1.165) is 11.4 Å². The number of carbonyl (C=O) groups is 2. The molecule has 3 heteroatoms. The molecule has 0 saturated carbocycles. The summed E-state index contributed by atoms with van der Waals surface area (Å²) in [5, 5.41) is 3.23. The lowest BCUT2D eigenvalue weighted by molar-refractivity contribution is 0.101. The fourth-order valence-electron chi connectivity index (χ4n) is 3.43. The van der Waals surface area contributed by atoms with Crippen molar-refractivity contribution in [3.8, 4) is 0 Å². The van der Waals surface area contributed by atoms with E-state index < -0.39 is 0 Å². The molecule has 1 aliphatic rings. The van der Waals surface area contributed by atoms with Crippen molar-refractivity contribution in [2.24, 2.45) is 5.92 Å². The monoisotopic (exact) mass is 331 g/mol. The van der Waals surface area contributed by atoms with E-state index in [9.17, 15) is 9.59 Å². The number of allylic oxidation sites excluding steroid dienone is 4. The first-order valence-electron chi connectivity index (χ1n) is 8.38. The first-order chi connectivity index (χ1) is 12.0. The van der Waals surface area contributed by atoms with Crippen molar-refractivity contribution in [3.63, 3.8) is 0 Å². The smallest absolute Gasteiger partial charge is 0.191 e. The van der Waals surface area contributed by atoms with Gasteiger partial charge in [0, 0.05) is 39.6 Å². The fraction of sp³-hybridized carbons (Fsp3) is 0.182. The summed E-state index contributed by atoms with van der Waals surface area (Å²) in [5.74, 6) is -0.338. The topological polar surface area (TPSA) is 46.2 Å². The van der Waals surface area contributed by atoms with Crippen LogP contribution in [0.1, 0.15) is 41.5 Å². The molecule has 0 bridgehead atoms. The highest BCUT2D eigenvalue weighted by Crippen LogP contribution is 2.33. The van der Waals surface area contributed by atoms with Crippen LogP contribution in [0, 0.1) is 5.92 Å². The van der Waals surface area contributed by atoms with Gasteiger partial charge in [0.05, 0.1) is 0 Å². The van der Waals surface area contributed by atoms with Crippen LogP contribution >= 0.6 is 0 Å². The van der Waals surface area contributed by atoms with E-state index in [1.807, 2.05) is 57.2 Å². The maximum absolute atomic E-state index is 13.0. The van der Waals surface area contributed by atoms with Gasteiger partial charge >= 0.3 is 0 Å². The second kappa shape index (κ2) is 6.89. The van der Waals surface area contributed by atoms with Crippen LogP contribution in [0.4, 0.5) is 0 Å². The minimum Gasteiger partial charge on any atom is -0.362 e. The largest absolute Gasteiger partial charge is 0.362 e. The van der Waals surface area contributed by atoms with Gasteiger partial charge in [0.25, 0.3) is 0 Å². The lowest BCUT2D eigenvalue weighted by atomic mass is 9.80. The Morgan fingerprint density at radius 1 is 0.720 bits per heavy atom. The molecule has 3 nitrogen and oxygen atoms in total. The zero-order valence-corrected chi connectivity index (χ0v) is 14.7. The van der Waals surface area contributed by atoms with E-state index in [-0.39, 0.29) is 17.5 Å². The molecule has 0 amide bonds. The van der Waals surface area contributed by atoms with Crippen molar-refractivity contribution >= 4 is 11.6 Å². The molecule has 25 heavy (non-hydrogen) atoms. The van der Waals surface area contributed by atoms with Crippen LogP contribution in [-0.2, 0) is 0 Å². The van der Waals surface area contributed by atoms with E-state index in [1.165, 1.54) is 0 Å². The van der Waals surface area contributed by atoms with Gasteiger partial charge in [-0.3, -0.25) is 9.59 Å². The molecule has 2 aromatic rings. The molecule has 0 saturated heterocycles. The minimum atomic E-state index is -0.262. The fourth-order valence-corrected chi connectivity index (χ4v) is 3.43. The zero-order valence-electron chi connectivity index (χ0n) is 14.7. The van der Waals surface area contributed by atoms with Gasteiger partial charge in [-0.15, -0.1) is 0 Å². The standard InChI is InChI=1S/C22H21NO2/c1-14-19(21(24)17-10-6-4-7-11-17)15(2)23-16(3)20(14)22(25)18-12-8-5-9-13-18/h4-14,23H,1-3H3. The molecule has 0 radical (unpaired) electrons. The predicted octanol–water partition coefficient (Wildman–Crippen LogP) is 4.54. The highest BCUT2D eigenvalue weighted by molar-refractivity contribution is 6.14. The van der Waals surface area contributed by atoms with Crippen LogP contribution in [0.3, 0.4) is 0 Å². The number of nitrogens with one attached hydrogen (secondary N) is 1. The molecule has 0 atom stereocenters. The summed E-state index contributed by atoms with van der Waals surface area (Å²) in [4.78, 5) is 26.0. The lowest BCUT2D eigenvalue weighted by Gasteiger charge is -2.28. The van der Waals surface area contributed by atoms with E-state index >= 15 is 0 Å². The second-order valence-electron chi connectivity index (χ2n) is 6.31. The quantitative estimate of drug-likeness (QED) is 0.837. The summed E-state index contributed by atoms with van der Waals surface area (Å²) >= 11 is 0. The van der Waals surface area contributed by atoms with Crippen LogP contribution in [-0.4, -0.2) is 11.6 Å². The Kier molecular flexibility index (Phi) is 4.66. The molecule has 0 unspecified atom stereocenters. The van der Waals surface area contributed by atoms with Gasteiger partial charge in [-0.2, -0.15) is 0 Å². The van der Waals surface area contributed by atoms with E-state index in [2.05, 4.69) is 5.32 Å². The van der Waals surface area contributed by atoms with Crippen LogP contribution < -0.4 is 5.32 Å². The Hall–Kier alpha value is -2.94. The third-order valence-corrected chi connectivity index (χ3v) is 4.61. The van der Waals surface area contributed by atoms with Crippen molar-refractivity contribution in [1.29, 1.82) is 0 Å². The van der Waals surface area contributed by atoms with Crippen LogP contribution in [0.25, 0.3) is 0 Å². The van der Waals surface area contributed by atoms with E-state index in [4.69, 9.17) is 0 Å². The van der Waals surface area contributed by atoms with Gasteiger partial charge in [0.15, 0.2) is 11.6 Å². The summed E-state index contributed by atoms with van der Waals surface area (Å²) < 4.78 is 0. The van der Waals surface area contributed by atoms with Crippen LogP contribution in [0.2, 0.25) is 0 Å². The summed E-state index contributed by atoms with van der Waals surface area (Å²) in [7, 11) is 0. The van der Waals surface area contributed by atoms with Crippen LogP contribution in [0.5, 0.6) is 0 Å². The summed E-state index contributed by atoms with van der Waals surface area (Å²) in [6.45, 7) is 5.71. The Bertz CT molecular complexity index is 803. The molecule has 1 N–H and O–H groups in total.